The number of pyridine rings is 1. The van der Waals surface area contributed by atoms with Crippen molar-refractivity contribution in [2.45, 2.75) is 12.5 Å². The van der Waals surface area contributed by atoms with Crippen LogP contribution in [0.1, 0.15) is 6.42 Å². The number of aromatic nitrogens is 1. The fourth-order valence-electron chi connectivity index (χ4n) is 1.94. The van der Waals surface area contributed by atoms with Crippen molar-refractivity contribution in [2.24, 2.45) is 0 Å². The molecule has 1 saturated heterocycles. The van der Waals surface area contributed by atoms with Crippen LogP contribution in [0.15, 0.2) is 12.3 Å². The van der Waals surface area contributed by atoms with Gasteiger partial charge in [-0.3, -0.25) is 0 Å². The maximum Gasteiger partial charge on any atom is 0.407 e. The van der Waals surface area contributed by atoms with E-state index in [1.807, 2.05) is 0 Å². The molecule has 98 valence electrons. The summed E-state index contributed by atoms with van der Waals surface area (Å²) < 4.78 is 18.2. The molecule has 1 aliphatic heterocycles. The number of halogens is 2. The first-order valence-corrected chi connectivity index (χ1v) is 5.88. The Morgan fingerprint density at radius 2 is 2.50 bits per heavy atom. The Bertz CT molecular complexity index is 458. The molecule has 7 heteroatoms. The van der Waals surface area contributed by atoms with Gasteiger partial charge in [-0.05, 0) is 12.5 Å². The highest BCUT2D eigenvalue weighted by molar-refractivity contribution is 6.30. The Morgan fingerprint density at radius 3 is 3.17 bits per heavy atom. The maximum atomic E-state index is 13.7. The zero-order chi connectivity index (χ0) is 13.1. The Morgan fingerprint density at radius 1 is 1.72 bits per heavy atom. The first kappa shape index (κ1) is 12.9. The number of methoxy groups -OCH3 is 1. The molecule has 0 radical (unpaired) electrons. The predicted molar refractivity (Wildman–Crippen MR) is 65.4 cm³/mol. The smallest absolute Gasteiger partial charge is 0.407 e. The third-order valence-corrected chi connectivity index (χ3v) is 2.99. The highest BCUT2D eigenvalue weighted by Crippen LogP contribution is 2.23. The minimum Gasteiger partial charge on any atom is -0.453 e. The van der Waals surface area contributed by atoms with Gasteiger partial charge in [0.1, 0.15) is 0 Å². The van der Waals surface area contributed by atoms with E-state index in [1.165, 1.54) is 19.4 Å². The molecule has 5 nitrogen and oxygen atoms in total. The van der Waals surface area contributed by atoms with Crippen molar-refractivity contribution in [3.63, 3.8) is 0 Å². The van der Waals surface area contributed by atoms with E-state index in [2.05, 4.69) is 15.0 Å². The van der Waals surface area contributed by atoms with Gasteiger partial charge in [-0.1, -0.05) is 11.6 Å². The Balaban J connectivity index is 2.02. The highest BCUT2D eigenvalue weighted by atomic mass is 35.5. The molecule has 0 bridgehead atoms. The molecule has 2 heterocycles. The largest absolute Gasteiger partial charge is 0.453 e. The average Bonchev–Trinajstić information content (AvgIpc) is 2.77. The molecular formula is C11H13ClFN3O2. The van der Waals surface area contributed by atoms with Crippen molar-refractivity contribution < 1.29 is 13.9 Å². The lowest BCUT2D eigenvalue weighted by Gasteiger charge is -2.18. The molecule has 1 N–H and O–H groups in total. The number of alkyl carbamates (subject to hydrolysis) is 1. The van der Waals surface area contributed by atoms with Gasteiger partial charge in [-0.15, -0.1) is 0 Å². The van der Waals surface area contributed by atoms with E-state index in [-0.39, 0.29) is 16.9 Å². The van der Waals surface area contributed by atoms with Crippen molar-refractivity contribution >= 4 is 23.5 Å². The summed E-state index contributed by atoms with van der Waals surface area (Å²) in [5, 5.41) is 2.94. The van der Waals surface area contributed by atoms with E-state index in [9.17, 15) is 9.18 Å². The Kier molecular flexibility index (Phi) is 3.86. The van der Waals surface area contributed by atoms with Crippen LogP contribution in [-0.4, -0.2) is 37.3 Å². The molecule has 1 atom stereocenters. The molecule has 1 aromatic rings. The fourth-order valence-corrected chi connectivity index (χ4v) is 2.08. The van der Waals surface area contributed by atoms with E-state index >= 15 is 0 Å². The van der Waals surface area contributed by atoms with Gasteiger partial charge in [0.25, 0.3) is 0 Å². The molecule has 18 heavy (non-hydrogen) atoms. The minimum absolute atomic E-state index is 0.0608. The van der Waals surface area contributed by atoms with Crippen LogP contribution >= 0.6 is 11.6 Å². The monoisotopic (exact) mass is 273 g/mol. The second-order valence-corrected chi connectivity index (χ2v) is 4.46. The number of hydrogen-bond acceptors (Lipinski definition) is 4. The zero-order valence-corrected chi connectivity index (χ0v) is 10.6. The second kappa shape index (κ2) is 5.39. The number of carbonyl (C=O) groups is 1. The van der Waals surface area contributed by atoms with Crippen molar-refractivity contribution in [1.82, 2.24) is 10.3 Å². The predicted octanol–water partition coefficient (Wildman–Crippen LogP) is 1.81. The number of rotatable bonds is 2. The summed E-state index contributed by atoms with van der Waals surface area (Å²) in [6.07, 6.45) is 1.64. The highest BCUT2D eigenvalue weighted by Gasteiger charge is 2.26. The van der Waals surface area contributed by atoms with E-state index in [0.717, 1.165) is 6.42 Å². The molecule has 1 amide bonds. The number of nitrogens with one attached hydrogen (secondary N) is 1. The Labute approximate surface area is 109 Å². The molecular weight excluding hydrogens is 261 g/mol. The number of nitrogens with zero attached hydrogens (tertiary/aromatic N) is 2. The topological polar surface area (TPSA) is 54.5 Å². The lowest BCUT2D eigenvalue weighted by molar-refractivity contribution is 0.167. The van der Waals surface area contributed by atoms with E-state index < -0.39 is 11.9 Å². The lowest BCUT2D eigenvalue weighted by Crippen LogP contribution is -2.37. The lowest BCUT2D eigenvalue weighted by atomic mass is 10.3. The second-order valence-electron chi connectivity index (χ2n) is 4.03. The fraction of sp³-hybridized carbons (Fsp3) is 0.455. The van der Waals surface area contributed by atoms with Crippen molar-refractivity contribution in [2.75, 3.05) is 25.1 Å². The van der Waals surface area contributed by atoms with Gasteiger partial charge >= 0.3 is 6.09 Å². The van der Waals surface area contributed by atoms with Crippen LogP contribution in [0.25, 0.3) is 0 Å². The number of amides is 1. The van der Waals surface area contributed by atoms with Crippen LogP contribution in [0.4, 0.5) is 15.0 Å². The zero-order valence-electron chi connectivity index (χ0n) is 9.82. The molecule has 1 aliphatic rings. The number of anilines is 1. The van der Waals surface area contributed by atoms with Gasteiger partial charge in [-0.25, -0.2) is 14.2 Å². The molecule has 1 fully saturated rings. The van der Waals surface area contributed by atoms with Crippen LogP contribution in [0.2, 0.25) is 5.02 Å². The van der Waals surface area contributed by atoms with Gasteiger partial charge in [0.2, 0.25) is 0 Å². The molecule has 0 spiro atoms. The molecule has 1 unspecified atom stereocenters. The Hall–Kier alpha value is -1.56. The van der Waals surface area contributed by atoms with E-state index in [1.54, 1.807) is 4.90 Å². The van der Waals surface area contributed by atoms with Crippen LogP contribution < -0.4 is 10.2 Å². The normalized spacial score (nSPS) is 18.8. The maximum absolute atomic E-state index is 13.7. The van der Waals surface area contributed by atoms with Crippen molar-refractivity contribution in [1.29, 1.82) is 0 Å². The molecule has 2 rings (SSSR count). The standard InChI is InChI=1S/C11H13ClFN3O2/c1-18-11(17)15-8-2-3-16(6-8)10-9(13)4-7(12)5-14-10/h4-5,8H,2-3,6H2,1H3,(H,15,17). The third kappa shape index (κ3) is 2.81. The van der Waals surface area contributed by atoms with Gasteiger partial charge in [-0.2, -0.15) is 0 Å². The van der Waals surface area contributed by atoms with Crippen LogP contribution in [0.5, 0.6) is 0 Å². The van der Waals surface area contributed by atoms with Crippen LogP contribution in [0, 0.1) is 5.82 Å². The molecule has 0 aromatic carbocycles. The summed E-state index contributed by atoms with van der Waals surface area (Å²) in [4.78, 5) is 16.8. The SMILES string of the molecule is COC(=O)NC1CCN(c2ncc(Cl)cc2F)C1. The summed E-state index contributed by atoms with van der Waals surface area (Å²) >= 11 is 5.65. The van der Waals surface area contributed by atoms with Gasteiger partial charge in [0.05, 0.1) is 18.2 Å². The molecule has 1 aromatic heterocycles. The first-order valence-electron chi connectivity index (χ1n) is 5.50. The summed E-state index contributed by atoms with van der Waals surface area (Å²) in [6.45, 7) is 1.13. The van der Waals surface area contributed by atoms with Gasteiger partial charge in [0.15, 0.2) is 11.6 Å². The number of hydrogen-bond donors (Lipinski definition) is 1. The number of carbonyl (C=O) groups excluding carboxylic acids is 1. The van der Waals surface area contributed by atoms with Gasteiger partial charge < -0.3 is 15.0 Å². The summed E-state index contributed by atoms with van der Waals surface area (Å²) in [5.74, 6) is -0.199. The van der Waals surface area contributed by atoms with E-state index in [4.69, 9.17) is 11.6 Å². The van der Waals surface area contributed by atoms with Crippen molar-refractivity contribution in [3.05, 3.63) is 23.1 Å². The van der Waals surface area contributed by atoms with Crippen LogP contribution in [0.3, 0.4) is 0 Å². The van der Waals surface area contributed by atoms with Crippen molar-refractivity contribution in [3.8, 4) is 0 Å². The van der Waals surface area contributed by atoms with E-state index in [0.29, 0.717) is 13.1 Å². The number of ether oxygens (including phenoxy) is 1. The molecule has 0 saturated carbocycles. The summed E-state index contributed by atoms with van der Waals surface area (Å²) in [5.41, 5.74) is 0. The summed E-state index contributed by atoms with van der Waals surface area (Å²) in [7, 11) is 1.31. The third-order valence-electron chi connectivity index (χ3n) is 2.78. The minimum atomic E-state index is -0.480. The van der Waals surface area contributed by atoms with Crippen LogP contribution in [-0.2, 0) is 4.74 Å². The quantitative estimate of drug-likeness (QED) is 0.893. The first-order chi connectivity index (χ1) is 8.60. The molecule has 0 aliphatic carbocycles. The van der Waals surface area contributed by atoms with Gasteiger partial charge in [0, 0.05) is 19.3 Å². The summed E-state index contributed by atoms with van der Waals surface area (Å²) in [6, 6.07) is 1.17. The average molecular weight is 274 g/mol.